The second-order valence-electron chi connectivity index (χ2n) is 4.67. The molecule has 4 nitrogen and oxygen atoms in total. The van der Waals surface area contributed by atoms with Crippen LogP contribution in [0.5, 0.6) is 0 Å². The lowest BCUT2D eigenvalue weighted by Gasteiger charge is -2.06. The highest BCUT2D eigenvalue weighted by Gasteiger charge is 2.27. The van der Waals surface area contributed by atoms with Crippen molar-refractivity contribution in [2.75, 3.05) is 5.32 Å². The molecule has 1 saturated carbocycles. The molecule has 1 aromatic heterocycles. The fraction of sp³-hybridized carbons (Fsp3) is 0.200. The van der Waals surface area contributed by atoms with Crippen LogP contribution in [0.25, 0.3) is 5.69 Å². The molecule has 2 aromatic rings. The van der Waals surface area contributed by atoms with E-state index < -0.39 is 0 Å². The Morgan fingerprint density at radius 2 is 2.11 bits per heavy atom. The maximum absolute atomic E-state index is 11.5. The van der Waals surface area contributed by atoms with Crippen molar-refractivity contribution in [3.63, 3.8) is 0 Å². The minimum atomic E-state index is -0.223. The average Bonchev–Trinajstić information content (AvgIpc) is 3.21. The van der Waals surface area contributed by atoms with E-state index >= 15 is 0 Å². The molecule has 0 aliphatic heterocycles. The van der Waals surface area contributed by atoms with Crippen LogP contribution in [0.4, 0.5) is 5.82 Å². The van der Waals surface area contributed by atoms with Gasteiger partial charge in [0.05, 0.1) is 11.4 Å². The van der Waals surface area contributed by atoms with Gasteiger partial charge >= 0.3 is 0 Å². The van der Waals surface area contributed by atoms with E-state index in [2.05, 4.69) is 17.0 Å². The molecule has 0 unspecified atom stereocenters. The Kier molecular flexibility index (Phi) is 2.91. The fourth-order valence-electron chi connectivity index (χ4n) is 2.01. The molecule has 0 atom stereocenters. The smallest absolute Gasteiger partial charge is 0.248 e. The van der Waals surface area contributed by atoms with Crippen LogP contribution < -0.4 is 5.32 Å². The molecule has 1 aliphatic rings. The van der Waals surface area contributed by atoms with Gasteiger partial charge in [0.15, 0.2) is 0 Å². The van der Waals surface area contributed by atoms with E-state index in [1.54, 1.807) is 4.68 Å². The summed E-state index contributed by atoms with van der Waals surface area (Å²) in [6.45, 7) is 3.47. The summed E-state index contributed by atoms with van der Waals surface area (Å²) in [6, 6.07) is 11.7. The summed E-state index contributed by atoms with van der Waals surface area (Å²) in [5, 5.41) is 7.40. The molecule has 0 saturated heterocycles. The van der Waals surface area contributed by atoms with Crippen molar-refractivity contribution >= 4 is 11.7 Å². The minimum absolute atomic E-state index is 0.223. The van der Waals surface area contributed by atoms with E-state index in [1.807, 2.05) is 36.4 Å². The third-order valence-electron chi connectivity index (χ3n) is 3.16. The molecule has 1 aromatic carbocycles. The van der Waals surface area contributed by atoms with Crippen molar-refractivity contribution in [3.05, 3.63) is 54.7 Å². The summed E-state index contributed by atoms with van der Waals surface area (Å²) in [5.41, 5.74) is 1.98. The second kappa shape index (κ2) is 4.72. The third-order valence-corrected chi connectivity index (χ3v) is 3.16. The van der Waals surface area contributed by atoms with Gasteiger partial charge in [-0.15, -0.1) is 0 Å². The zero-order chi connectivity index (χ0) is 13.2. The van der Waals surface area contributed by atoms with E-state index in [0.717, 1.165) is 11.4 Å². The zero-order valence-corrected chi connectivity index (χ0v) is 10.5. The number of anilines is 1. The van der Waals surface area contributed by atoms with Crippen molar-refractivity contribution in [2.45, 2.75) is 18.8 Å². The number of para-hydroxylation sites is 1. The lowest BCUT2D eigenvalue weighted by atomic mass is 10.3. The Hall–Kier alpha value is -2.36. The van der Waals surface area contributed by atoms with Crippen LogP contribution in [-0.4, -0.2) is 15.7 Å². The first-order valence-electron chi connectivity index (χ1n) is 6.37. The highest BCUT2D eigenvalue weighted by atomic mass is 16.1. The number of hydrogen-bond acceptors (Lipinski definition) is 2. The van der Waals surface area contributed by atoms with E-state index in [0.29, 0.717) is 11.7 Å². The summed E-state index contributed by atoms with van der Waals surface area (Å²) in [7, 11) is 0. The molecule has 1 aliphatic carbocycles. The summed E-state index contributed by atoms with van der Waals surface area (Å²) >= 11 is 0. The van der Waals surface area contributed by atoms with E-state index in [-0.39, 0.29) is 5.91 Å². The number of carbonyl (C=O) groups excluding carboxylic acids is 1. The van der Waals surface area contributed by atoms with Gasteiger partial charge in [-0.3, -0.25) is 4.79 Å². The van der Waals surface area contributed by atoms with Crippen LogP contribution >= 0.6 is 0 Å². The first-order chi connectivity index (χ1) is 9.28. The van der Waals surface area contributed by atoms with Crippen molar-refractivity contribution in [1.82, 2.24) is 9.78 Å². The number of nitrogens with zero attached hydrogens (tertiary/aromatic N) is 2. The Morgan fingerprint density at radius 3 is 2.74 bits per heavy atom. The highest BCUT2D eigenvalue weighted by Crippen LogP contribution is 2.40. The molecule has 0 spiro atoms. The molecule has 4 heteroatoms. The van der Waals surface area contributed by atoms with Gasteiger partial charge in [0.1, 0.15) is 5.82 Å². The Balaban J connectivity index is 2.00. The van der Waals surface area contributed by atoms with Crippen molar-refractivity contribution in [2.24, 2.45) is 0 Å². The second-order valence-corrected chi connectivity index (χ2v) is 4.67. The molecule has 1 fully saturated rings. The molecular weight excluding hydrogens is 238 g/mol. The van der Waals surface area contributed by atoms with Crippen molar-refractivity contribution in [3.8, 4) is 5.69 Å². The number of carbonyl (C=O) groups is 1. The normalized spacial score (nSPS) is 14.1. The van der Waals surface area contributed by atoms with Crippen LogP contribution in [0.2, 0.25) is 0 Å². The first-order valence-corrected chi connectivity index (χ1v) is 6.37. The van der Waals surface area contributed by atoms with Crippen LogP contribution in [0.15, 0.2) is 49.1 Å². The molecule has 19 heavy (non-hydrogen) atoms. The van der Waals surface area contributed by atoms with E-state index in [1.165, 1.54) is 18.9 Å². The van der Waals surface area contributed by atoms with Crippen LogP contribution in [0.1, 0.15) is 24.5 Å². The van der Waals surface area contributed by atoms with Crippen molar-refractivity contribution < 1.29 is 4.79 Å². The SMILES string of the molecule is C=CC(=O)Nc1cc(C2CC2)nn1-c1ccccc1. The first kappa shape index (κ1) is 11.7. The molecule has 0 radical (unpaired) electrons. The van der Waals surface area contributed by atoms with Gasteiger partial charge in [0, 0.05) is 12.0 Å². The molecule has 96 valence electrons. The number of amides is 1. The Morgan fingerprint density at radius 1 is 1.37 bits per heavy atom. The van der Waals surface area contributed by atoms with E-state index in [9.17, 15) is 4.79 Å². The highest BCUT2D eigenvalue weighted by molar-refractivity contribution is 5.98. The van der Waals surface area contributed by atoms with Gasteiger partial charge in [-0.25, -0.2) is 4.68 Å². The quantitative estimate of drug-likeness (QED) is 0.852. The standard InChI is InChI=1S/C15H15N3O/c1-2-15(19)16-14-10-13(11-8-9-11)17-18(14)12-6-4-3-5-7-12/h2-7,10-11H,1,8-9H2,(H,16,19). The van der Waals surface area contributed by atoms with Gasteiger partial charge < -0.3 is 5.32 Å². The lowest BCUT2D eigenvalue weighted by Crippen LogP contribution is -2.11. The Labute approximate surface area is 111 Å². The predicted octanol–water partition coefficient (Wildman–Crippen LogP) is 2.87. The number of rotatable bonds is 4. The fourth-order valence-corrected chi connectivity index (χ4v) is 2.01. The van der Waals surface area contributed by atoms with Gasteiger partial charge in [0.2, 0.25) is 5.91 Å². The maximum atomic E-state index is 11.5. The Bertz CT molecular complexity index is 612. The van der Waals surface area contributed by atoms with Gasteiger partial charge in [-0.2, -0.15) is 5.10 Å². The summed E-state index contributed by atoms with van der Waals surface area (Å²) < 4.78 is 1.77. The van der Waals surface area contributed by atoms with Gasteiger partial charge in [0.25, 0.3) is 0 Å². The molecule has 1 amide bonds. The molecule has 3 rings (SSSR count). The van der Waals surface area contributed by atoms with Gasteiger partial charge in [-0.05, 0) is 31.1 Å². The molecule has 0 bridgehead atoms. The average molecular weight is 253 g/mol. The maximum Gasteiger partial charge on any atom is 0.248 e. The largest absolute Gasteiger partial charge is 0.307 e. The number of hydrogen-bond donors (Lipinski definition) is 1. The minimum Gasteiger partial charge on any atom is -0.307 e. The predicted molar refractivity (Wildman–Crippen MR) is 74.4 cm³/mol. The topological polar surface area (TPSA) is 46.9 Å². The lowest BCUT2D eigenvalue weighted by molar-refractivity contribution is -0.111. The summed E-state index contributed by atoms with van der Waals surface area (Å²) in [6.07, 6.45) is 3.63. The monoisotopic (exact) mass is 253 g/mol. The zero-order valence-electron chi connectivity index (χ0n) is 10.5. The number of benzene rings is 1. The molecular formula is C15H15N3O. The van der Waals surface area contributed by atoms with Crippen molar-refractivity contribution in [1.29, 1.82) is 0 Å². The van der Waals surface area contributed by atoms with Crippen LogP contribution in [0.3, 0.4) is 0 Å². The summed E-state index contributed by atoms with van der Waals surface area (Å²) in [4.78, 5) is 11.5. The number of nitrogens with one attached hydrogen (secondary N) is 1. The van der Waals surface area contributed by atoms with Crippen LogP contribution in [0, 0.1) is 0 Å². The third kappa shape index (κ3) is 2.42. The summed E-state index contributed by atoms with van der Waals surface area (Å²) in [5.74, 6) is 1.02. The van der Waals surface area contributed by atoms with Crippen LogP contribution in [-0.2, 0) is 4.79 Å². The number of aromatic nitrogens is 2. The van der Waals surface area contributed by atoms with E-state index in [4.69, 9.17) is 0 Å². The van der Waals surface area contributed by atoms with Gasteiger partial charge in [-0.1, -0.05) is 24.8 Å². The molecule has 1 heterocycles. The molecule has 1 N–H and O–H groups in total.